The molecule has 422 valence electrons. The third-order valence-corrected chi connectivity index (χ3v) is 14.8. The highest BCUT2D eigenvalue weighted by molar-refractivity contribution is 6.08. The Labute approximate surface area is 485 Å². The summed E-state index contributed by atoms with van der Waals surface area (Å²) >= 11 is 0. The minimum atomic E-state index is -0.698. The molecule has 0 aliphatic carbocycles. The van der Waals surface area contributed by atoms with Crippen molar-refractivity contribution >= 4 is 92.7 Å². The van der Waals surface area contributed by atoms with Gasteiger partial charge in [-0.25, -0.2) is 15.0 Å². The zero-order valence-corrected chi connectivity index (χ0v) is 49.0. The van der Waals surface area contributed by atoms with Crippen LogP contribution in [0.25, 0.3) is 90.9 Å². The lowest BCUT2D eigenvalue weighted by atomic mass is 9.94. The van der Waals surface area contributed by atoms with Gasteiger partial charge in [-0.1, -0.05) is 142 Å². The lowest BCUT2D eigenvalue weighted by molar-refractivity contribution is -0.123. The number of unbranched alkanes of at least 4 members (excludes halogenated alkanes) is 2. The molecule has 10 rings (SSSR count). The normalized spacial score (nSPS) is 12.3. The smallest absolute Gasteiger partial charge is 0.229 e. The average molecular weight is 1110 g/mol. The van der Waals surface area contributed by atoms with E-state index in [0.717, 1.165) is 59.4 Å². The number of para-hydroxylation sites is 4. The molecule has 4 aromatic carbocycles. The number of fused-ring (bicyclic) bond motifs is 8. The highest BCUT2D eigenvalue weighted by Crippen LogP contribution is 2.43. The highest BCUT2D eigenvalue weighted by atomic mass is 16.2. The third-order valence-electron chi connectivity index (χ3n) is 14.8. The Morgan fingerprint density at radius 2 is 0.759 bits per heavy atom. The fraction of sp³-hybridized carbons (Fsp3) is 0.261. The van der Waals surface area contributed by atoms with Crippen molar-refractivity contribution in [1.82, 2.24) is 29.5 Å². The van der Waals surface area contributed by atoms with Crippen LogP contribution in [0.5, 0.6) is 0 Å². The number of nitrogens with one attached hydrogen (secondary N) is 6. The molecular formula is C69H72N10O4. The standard InChI is InChI=1S/C69H72N10O4/c1-42-70-39-41-79(42)40-21-11-12-30-59(80)75-47-26-17-13-22-43(47)60-51-31-33-53(71-51)61(44-23-14-18-27-48(44)76-64(81)67(2,3)4)55-35-37-57(73-55)63(46-25-16-20-29-50(46)78-66(83)69(8,9)10)58-38-36-56(74-58)62(54-34-32-52(60)72-54)45-24-15-19-28-49(45)77-65(82)68(5,6)7/h13-20,22-29,31-39,41,71,74H,11-12,21,30,40H2,1-10H3,(H,75,80)(H,76,81)(H,77,82)(H,78,83). The van der Waals surface area contributed by atoms with Gasteiger partial charge in [0.1, 0.15) is 5.82 Å². The summed E-state index contributed by atoms with van der Waals surface area (Å²) < 4.78 is 2.13. The maximum atomic E-state index is 14.0. The van der Waals surface area contributed by atoms with Gasteiger partial charge in [0.05, 0.1) is 22.8 Å². The number of hydrogen-bond acceptors (Lipinski definition) is 7. The largest absolute Gasteiger partial charge is 0.354 e. The number of imidazole rings is 1. The Morgan fingerprint density at radius 1 is 0.434 bits per heavy atom. The number of aryl methyl sites for hydroxylation is 2. The van der Waals surface area contributed by atoms with E-state index < -0.39 is 16.2 Å². The van der Waals surface area contributed by atoms with E-state index >= 15 is 0 Å². The number of amides is 4. The average Bonchev–Trinajstić information content (AvgIpc) is 4.51. The van der Waals surface area contributed by atoms with Crippen LogP contribution in [0.1, 0.15) is 117 Å². The number of hydrogen-bond donors (Lipinski definition) is 6. The van der Waals surface area contributed by atoms with E-state index in [1.165, 1.54) is 0 Å². The van der Waals surface area contributed by atoms with Gasteiger partial charge >= 0.3 is 0 Å². The summed E-state index contributed by atoms with van der Waals surface area (Å²) in [6.45, 7) is 19.8. The van der Waals surface area contributed by atoms with Crippen LogP contribution in [0.4, 0.5) is 22.7 Å². The minimum absolute atomic E-state index is 0.0986. The summed E-state index contributed by atoms with van der Waals surface area (Å²) in [6.07, 6.45) is 14.6. The lowest BCUT2D eigenvalue weighted by Crippen LogP contribution is -2.27. The SMILES string of the molecule is Cc1nccn1CCCCCC(=O)Nc1ccccc1-c1c2nc(c(-c3ccccc3NC(=O)C(C)(C)C)c3ccc([nH]3)c(-c3ccccc3NC(=O)C(C)(C)C)c3nc(c(-c4ccccc4NC(=O)C(C)(C)C)c4ccc1[nH]4)C=C3)C=C2. The molecule has 14 heteroatoms. The van der Waals surface area contributed by atoms with E-state index in [2.05, 4.69) is 40.8 Å². The quantitative estimate of drug-likeness (QED) is 0.0584. The number of H-pyrrole nitrogens is 2. The second-order valence-electron chi connectivity index (χ2n) is 24.3. The van der Waals surface area contributed by atoms with Gasteiger partial charge in [0.25, 0.3) is 0 Å². The Morgan fingerprint density at radius 3 is 1.07 bits per heavy atom. The van der Waals surface area contributed by atoms with Gasteiger partial charge in [-0.3, -0.25) is 19.2 Å². The number of anilines is 4. The molecule has 0 saturated heterocycles. The maximum Gasteiger partial charge on any atom is 0.229 e. The molecule has 8 aromatic rings. The monoisotopic (exact) mass is 1100 g/mol. The highest BCUT2D eigenvalue weighted by Gasteiger charge is 2.28. The van der Waals surface area contributed by atoms with Crippen LogP contribution >= 0.6 is 0 Å². The van der Waals surface area contributed by atoms with Crippen LogP contribution < -0.4 is 21.3 Å². The number of carbonyl (C=O) groups excluding carboxylic acids is 4. The van der Waals surface area contributed by atoms with Crippen molar-refractivity contribution in [2.75, 3.05) is 21.3 Å². The van der Waals surface area contributed by atoms with Gasteiger partial charge in [-0.05, 0) is 92.6 Å². The molecule has 83 heavy (non-hydrogen) atoms. The molecule has 14 nitrogen and oxygen atoms in total. The minimum Gasteiger partial charge on any atom is -0.354 e. The summed E-state index contributed by atoms with van der Waals surface area (Å²) in [5.41, 5.74) is 11.3. The summed E-state index contributed by atoms with van der Waals surface area (Å²) in [7, 11) is 0. The van der Waals surface area contributed by atoms with Gasteiger partial charge in [-0.15, -0.1) is 0 Å². The first-order chi connectivity index (χ1) is 39.6. The lowest BCUT2D eigenvalue weighted by Gasteiger charge is -2.20. The van der Waals surface area contributed by atoms with E-state index in [1.807, 2.05) is 227 Å². The Kier molecular flexibility index (Phi) is 15.9. The van der Waals surface area contributed by atoms with Gasteiger partial charge in [-0.2, -0.15) is 0 Å². The molecule has 0 radical (unpaired) electrons. The van der Waals surface area contributed by atoms with E-state index in [1.54, 1.807) is 0 Å². The number of carbonyl (C=O) groups is 4. The van der Waals surface area contributed by atoms with Gasteiger partial charge < -0.3 is 35.8 Å². The zero-order chi connectivity index (χ0) is 58.8. The van der Waals surface area contributed by atoms with E-state index in [9.17, 15) is 19.2 Å². The topological polar surface area (TPSA) is 192 Å². The summed E-state index contributed by atoms with van der Waals surface area (Å²) in [5, 5.41) is 13.0. The number of aromatic amines is 2. The van der Waals surface area contributed by atoms with Gasteiger partial charge in [0, 0.05) is 131 Å². The molecule has 8 bridgehead atoms. The molecule has 2 aliphatic heterocycles. The molecule has 0 spiro atoms. The van der Waals surface area contributed by atoms with Crippen LogP contribution in [-0.4, -0.2) is 53.1 Å². The Hall–Kier alpha value is -9.43. The van der Waals surface area contributed by atoms with Crippen molar-refractivity contribution < 1.29 is 19.2 Å². The second kappa shape index (κ2) is 23.2. The van der Waals surface area contributed by atoms with Crippen LogP contribution in [0.15, 0.2) is 134 Å². The first kappa shape index (κ1) is 56.8. The molecule has 0 unspecified atom stereocenters. The van der Waals surface area contributed by atoms with Crippen LogP contribution in [0.2, 0.25) is 0 Å². The molecule has 4 aromatic heterocycles. The molecule has 0 fully saturated rings. The predicted molar refractivity (Wildman–Crippen MR) is 339 cm³/mol. The van der Waals surface area contributed by atoms with Crippen LogP contribution in [0.3, 0.4) is 0 Å². The van der Waals surface area contributed by atoms with E-state index in [4.69, 9.17) is 9.97 Å². The van der Waals surface area contributed by atoms with Crippen molar-refractivity contribution in [1.29, 1.82) is 0 Å². The second-order valence-corrected chi connectivity index (χ2v) is 24.3. The summed E-state index contributed by atoms with van der Waals surface area (Å²) in [5.74, 6) is 0.418. The molecule has 6 heterocycles. The van der Waals surface area contributed by atoms with E-state index in [0.29, 0.717) is 90.7 Å². The number of benzene rings is 4. The van der Waals surface area contributed by atoms with Crippen molar-refractivity contribution in [3.05, 3.63) is 162 Å². The molecule has 0 atom stereocenters. The summed E-state index contributed by atoms with van der Waals surface area (Å²) in [6, 6.07) is 39.0. The molecule has 4 amide bonds. The number of aromatic nitrogens is 6. The fourth-order valence-electron chi connectivity index (χ4n) is 10.1. The number of rotatable bonds is 14. The molecule has 0 saturated carbocycles. The van der Waals surface area contributed by atoms with Gasteiger partial charge in [0.2, 0.25) is 23.6 Å². The fourth-order valence-corrected chi connectivity index (χ4v) is 10.1. The van der Waals surface area contributed by atoms with E-state index in [-0.39, 0.29) is 23.6 Å². The van der Waals surface area contributed by atoms with Gasteiger partial charge in [0.15, 0.2) is 0 Å². The third kappa shape index (κ3) is 12.4. The molecule has 6 N–H and O–H groups in total. The number of nitrogens with zero attached hydrogens (tertiary/aromatic N) is 4. The first-order valence-corrected chi connectivity index (χ1v) is 28.4. The molecular weight excluding hydrogens is 1030 g/mol. The Balaban J connectivity index is 1.26. The maximum absolute atomic E-state index is 14.0. The predicted octanol–water partition coefficient (Wildman–Crippen LogP) is 16.0. The van der Waals surface area contributed by atoms with Crippen molar-refractivity contribution in [2.24, 2.45) is 16.2 Å². The molecule has 2 aliphatic rings. The zero-order valence-electron chi connectivity index (χ0n) is 49.0. The van der Waals surface area contributed by atoms with Crippen molar-refractivity contribution in [3.8, 4) is 44.5 Å². The van der Waals surface area contributed by atoms with Crippen molar-refractivity contribution in [3.63, 3.8) is 0 Å². The first-order valence-electron chi connectivity index (χ1n) is 28.4. The summed E-state index contributed by atoms with van der Waals surface area (Å²) in [4.78, 5) is 78.7. The van der Waals surface area contributed by atoms with Crippen molar-refractivity contribution in [2.45, 2.75) is 101 Å². The Bertz CT molecular complexity index is 4010. The van der Waals surface area contributed by atoms with Crippen LogP contribution in [0, 0.1) is 23.2 Å². The van der Waals surface area contributed by atoms with Crippen LogP contribution in [-0.2, 0) is 25.7 Å².